The minimum Gasteiger partial charge on any atom is -0.480 e. The summed E-state index contributed by atoms with van der Waals surface area (Å²) in [7, 11) is 0. The number of carbonyl (C=O) groups excluding carboxylic acids is 2. The van der Waals surface area contributed by atoms with E-state index in [0.717, 1.165) is 5.01 Å². The van der Waals surface area contributed by atoms with Gasteiger partial charge in [0.2, 0.25) is 11.8 Å². The smallest absolute Gasteiger partial charge is 0.322 e. The predicted octanol–water partition coefficient (Wildman–Crippen LogP) is 0.139. The van der Waals surface area contributed by atoms with Crippen LogP contribution in [0.1, 0.15) is 33.1 Å². The van der Waals surface area contributed by atoms with E-state index in [1.807, 2.05) is 13.8 Å². The summed E-state index contributed by atoms with van der Waals surface area (Å²) < 4.78 is 0. The first kappa shape index (κ1) is 12.6. The molecule has 6 heteroatoms. The summed E-state index contributed by atoms with van der Waals surface area (Å²) in [4.78, 5) is 33.5. The quantitative estimate of drug-likeness (QED) is 0.653. The van der Waals surface area contributed by atoms with Gasteiger partial charge in [0, 0.05) is 12.8 Å². The molecule has 0 spiro atoms. The molecule has 1 saturated heterocycles. The second kappa shape index (κ2) is 5.07. The maximum Gasteiger partial charge on any atom is 0.322 e. The van der Waals surface area contributed by atoms with Gasteiger partial charge >= 0.3 is 5.97 Å². The minimum absolute atomic E-state index is 0.153. The van der Waals surface area contributed by atoms with Crippen molar-refractivity contribution >= 4 is 17.8 Å². The molecule has 0 aliphatic carbocycles. The average Bonchev–Trinajstić information content (AvgIpc) is 2.47. The number of hydrogen-bond acceptors (Lipinski definition) is 4. The van der Waals surface area contributed by atoms with Gasteiger partial charge in [-0.25, -0.2) is 10.4 Å². The predicted molar refractivity (Wildman–Crippen MR) is 55.1 cm³/mol. The van der Waals surface area contributed by atoms with E-state index in [9.17, 15) is 14.4 Å². The molecular formula is C10H16N2O4. The van der Waals surface area contributed by atoms with Crippen LogP contribution in [0.4, 0.5) is 0 Å². The van der Waals surface area contributed by atoms with Gasteiger partial charge in [-0.3, -0.25) is 14.4 Å². The summed E-state index contributed by atoms with van der Waals surface area (Å²) in [5.74, 6) is -1.61. The normalized spacial score (nSPS) is 18.3. The van der Waals surface area contributed by atoms with Gasteiger partial charge in [0.05, 0.1) is 0 Å². The van der Waals surface area contributed by atoms with Crippen LogP contribution in [0.2, 0.25) is 0 Å². The van der Waals surface area contributed by atoms with Gasteiger partial charge < -0.3 is 5.11 Å². The fraction of sp³-hybridized carbons (Fsp3) is 0.700. The molecule has 0 aromatic rings. The van der Waals surface area contributed by atoms with E-state index in [1.165, 1.54) is 0 Å². The van der Waals surface area contributed by atoms with Crippen LogP contribution in [-0.4, -0.2) is 33.9 Å². The molecule has 2 N–H and O–H groups in total. The number of rotatable bonds is 5. The molecule has 16 heavy (non-hydrogen) atoms. The fourth-order valence-electron chi connectivity index (χ4n) is 1.56. The number of hydrazine groups is 1. The van der Waals surface area contributed by atoms with E-state index in [2.05, 4.69) is 5.43 Å². The number of aliphatic carboxylic acids is 1. The van der Waals surface area contributed by atoms with Crippen molar-refractivity contribution in [3.63, 3.8) is 0 Å². The first-order valence-corrected chi connectivity index (χ1v) is 5.26. The highest BCUT2D eigenvalue weighted by Gasteiger charge is 2.32. The molecule has 1 aliphatic rings. The van der Waals surface area contributed by atoms with E-state index in [4.69, 9.17) is 5.11 Å². The number of carboxylic acids is 1. The van der Waals surface area contributed by atoms with Crippen molar-refractivity contribution in [3.05, 3.63) is 0 Å². The maximum absolute atomic E-state index is 11.3. The van der Waals surface area contributed by atoms with Crippen LogP contribution in [0.25, 0.3) is 0 Å². The number of nitrogens with one attached hydrogen (secondary N) is 1. The highest BCUT2D eigenvalue weighted by atomic mass is 16.4. The topological polar surface area (TPSA) is 86.7 Å². The van der Waals surface area contributed by atoms with Crippen LogP contribution in [-0.2, 0) is 14.4 Å². The van der Waals surface area contributed by atoms with Gasteiger partial charge in [-0.2, -0.15) is 0 Å². The van der Waals surface area contributed by atoms with E-state index >= 15 is 0 Å². The number of hydrogen-bond donors (Lipinski definition) is 2. The Morgan fingerprint density at radius 2 is 1.88 bits per heavy atom. The fourth-order valence-corrected chi connectivity index (χ4v) is 1.56. The lowest BCUT2D eigenvalue weighted by molar-refractivity contribution is -0.148. The Morgan fingerprint density at radius 1 is 1.38 bits per heavy atom. The molecule has 6 nitrogen and oxygen atoms in total. The largest absolute Gasteiger partial charge is 0.480 e. The lowest BCUT2D eigenvalue weighted by Crippen LogP contribution is -2.51. The molecular weight excluding hydrogens is 212 g/mol. The summed E-state index contributed by atoms with van der Waals surface area (Å²) in [6, 6.07) is -0.897. The van der Waals surface area contributed by atoms with Gasteiger partial charge in [-0.15, -0.1) is 0 Å². The minimum atomic E-state index is -1.05. The lowest BCUT2D eigenvalue weighted by atomic mass is 10.0. The highest BCUT2D eigenvalue weighted by molar-refractivity contribution is 6.01. The number of carboxylic acid groups (broad SMARTS) is 1. The van der Waals surface area contributed by atoms with Crippen molar-refractivity contribution in [3.8, 4) is 0 Å². The highest BCUT2D eigenvalue weighted by Crippen LogP contribution is 2.12. The third kappa shape index (κ3) is 3.03. The zero-order chi connectivity index (χ0) is 12.3. The Morgan fingerprint density at radius 3 is 2.25 bits per heavy atom. The van der Waals surface area contributed by atoms with E-state index < -0.39 is 12.0 Å². The molecule has 0 aromatic carbocycles. The van der Waals surface area contributed by atoms with Gasteiger partial charge in [0.1, 0.15) is 6.04 Å². The monoisotopic (exact) mass is 228 g/mol. The van der Waals surface area contributed by atoms with Crippen molar-refractivity contribution in [2.24, 2.45) is 5.92 Å². The molecule has 2 amide bonds. The van der Waals surface area contributed by atoms with Crippen molar-refractivity contribution in [1.29, 1.82) is 0 Å². The first-order valence-electron chi connectivity index (χ1n) is 5.26. The van der Waals surface area contributed by atoms with E-state index in [1.54, 1.807) is 0 Å². The standard InChI is InChI=1S/C10H16N2O4/c1-6(2)5-7(10(15)16)11-12-8(13)3-4-9(12)14/h6-7,11H,3-5H2,1-2H3,(H,15,16)/t7-/m0/s1. The molecule has 90 valence electrons. The summed E-state index contributed by atoms with van der Waals surface area (Å²) in [5.41, 5.74) is 2.48. The summed E-state index contributed by atoms with van der Waals surface area (Å²) >= 11 is 0. The summed E-state index contributed by atoms with van der Waals surface area (Å²) in [6.07, 6.45) is 0.673. The second-order valence-electron chi connectivity index (χ2n) is 4.27. The van der Waals surface area contributed by atoms with Crippen molar-refractivity contribution in [2.75, 3.05) is 0 Å². The summed E-state index contributed by atoms with van der Waals surface area (Å²) in [5, 5.41) is 9.78. The zero-order valence-corrected chi connectivity index (χ0v) is 9.40. The Bertz CT molecular complexity index is 298. The molecule has 1 heterocycles. The van der Waals surface area contributed by atoms with Crippen LogP contribution in [0.5, 0.6) is 0 Å². The van der Waals surface area contributed by atoms with Crippen molar-refractivity contribution in [2.45, 2.75) is 39.2 Å². The van der Waals surface area contributed by atoms with Crippen LogP contribution >= 0.6 is 0 Å². The Balaban J connectivity index is 2.64. The Hall–Kier alpha value is -1.43. The molecule has 0 aromatic heterocycles. The van der Waals surface area contributed by atoms with Crippen LogP contribution in [0.15, 0.2) is 0 Å². The third-order valence-corrected chi connectivity index (χ3v) is 2.34. The molecule has 0 bridgehead atoms. The van der Waals surface area contributed by atoms with Crippen LogP contribution in [0, 0.1) is 5.92 Å². The van der Waals surface area contributed by atoms with E-state index in [0.29, 0.717) is 6.42 Å². The SMILES string of the molecule is CC(C)C[C@H](NN1C(=O)CCC1=O)C(=O)O. The number of nitrogens with zero attached hydrogens (tertiary/aromatic N) is 1. The number of imide groups is 1. The molecule has 1 aliphatic heterocycles. The molecule has 1 atom stereocenters. The average molecular weight is 228 g/mol. The molecule has 1 fully saturated rings. The molecule has 0 radical (unpaired) electrons. The van der Waals surface area contributed by atoms with Crippen LogP contribution < -0.4 is 5.43 Å². The second-order valence-corrected chi connectivity index (χ2v) is 4.27. The number of amides is 2. The molecule has 0 saturated carbocycles. The van der Waals surface area contributed by atoms with Gasteiger partial charge in [-0.05, 0) is 12.3 Å². The molecule has 1 rings (SSSR count). The maximum atomic E-state index is 11.3. The van der Waals surface area contributed by atoms with E-state index in [-0.39, 0.29) is 30.6 Å². The Kier molecular flexibility index (Phi) is 4.00. The number of carbonyl (C=O) groups is 3. The van der Waals surface area contributed by atoms with Gasteiger partial charge in [0.25, 0.3) is 0 Å². The van der Waals surface area contributed by atoms with Crippen LogP contribution in [0.3, 0.4) is 0 Å². The van der Waals surface area contributed by atoms with Gasteiger partial charge in [0.15, 0.2) is 0 Å². The van der Waals surface area contributed by atoms with Crippen molar-refractivity contribution < 1.29 is 19.5 Å². The lowest BCUT2D eigenvalue weighted by Gasteiger charge is -2.22. The Labute approximate surface area is 93.6 Å². The molecule has 0 unspecified atom stereocenters. The zero-order valence-electron chi connectivity index (χ0n) is 9.40. The first-order chi connectivity index (χ1) is 7.41. The summed E-state index contributed by atoms with van der Waals surface area (Å²) in [6.45, 7) is 3.76. The van der Waals surface area contributed by atoms with Crippen molar-refractivity contribution in [1.82, 2.24) is 10.4 Å². The van der Waals surface area contributed by atoms with Gasteiger partial charge in [-0.1, -0.05) is 13.8 Å². The third-order valence-electron chi connectivity index (χ3n) is 2.34.